The van der Waals surface area contributed by atoms with E-state index >= 15 is 0 Å². The van der Waals surface area contributed by atoms with Crippen molar-refractivity contribution < 1.29 is 19.1 Å². The van der Waals surface area contributed by atoms with E-state index in [1.54, 1.807) is 25.7 Å². The van der Waals surface area contributed by atoms with Crippen LogP contribution in [0, 0.1) is 20.8 Å². The maximum Gasteiger partial charge on any atom is 0.408 e. The van der Waals surface area contributed by atoms with Crippen LogP contribution in [0.15, 0.2) is 42.5 Å². The Morgan fingerprint density at radius 1 is 0.971 bits per heavy atom. The summed E-state index contributed by atoms with van der Waals surface area (Å²) in [4.78, 5) is 41.0. The van der Waals surface area contributed by atoms with E-state index in [2.05, 4.69) is 10.6 Å². The first-order valence-corrected chi connectivity index (χ1v) is 11.7. The number of rotatable bonds is 7. The number of anilines is 1. The van der Waals surface area contributed by atoms with Crippen LogP contribution in [0.3, 0.4) is 0 Å². The van der Waals surface area contributed by atoms with Crippen molar-refractivity contribution in [2.75, 3.05) is 11.9 Å². The standard InChI is InChI=1S/C27H35N3O4/c1-17-10-7-8-13-21(17)29-25(32)24(23-18(2)11-9-12-19(23)3)30(20-14-15-20)22(31)16-28-26(33)34-27(4,5)6/h7-13,20,24H,14-16H2,1-6H3,(H,28,33)(H,29,32). The normalized spacial score (nSPS) is 14.2. The van der Waals surface area contributed by atoms with E-state index in [9.17, 15) is 14.4 Å². The monoisotopic (exact) mass is 465 g/mol. The number of hydrogen-bond acceptors (Lipinski definition) is 4. The van der Waals surface area contributed by atoms with Crippen molar-refractivity contribution >= 4 is 23.6 Å². The van der Waals surface area contributed by atoms with Crippen molar-refractivity contribution in [3.8, 4) is 0 Å². The van der Waals surface area contributed by atoms with Gasteiger partial charge >= 0.3 is 6.09 Å². The molecule has 1 fully saturated rings. The van der Waals surface area contributed by atoms with Gasteiger partial charge < -0.3 is 20.3 Å². The van der Waals surface area contributed by atoms with Gasteiger partial charge in [0.1, 0.15) is 18.2 Å². The minimum Gasteiger partial charge on any atom is -0.444 e. The van der Waals surface area contributed by atoms with Crippen LogP contribution in [0.2, 0.25) is 0 Å². The summed E-state index contributed by atoms with van der Waals surface area (Å²) in [6.45, 7) is 10.9. The molecule has 2 N–H and O–H groups in total. The summed E-state index contributed by atoms with van der Waals surface area (Å²) in [6, 6.07) is 12.5. The maximum atomic E-state index is 13.8. The maximum absolute atomic E-state index is 13.8. The average molecular weight is 466 g/mol. The van der Waals surface area contributed by atoms with Crippen molar-refractivity contribution in [1.29, 1.82) is 0 Å². The fourth-order valence-corrected chi connectivity index (χ4v) is 4.03. The molecule has 1 aliphatic carbocycles. The third kappa shape index (κ3) is 6.37. The first-order chi connectivity index (χ1) is 16.0. The van der Waals surface area contributed by atoms with Gasteiger partial charge in [-0.05, 0) is 82.7 Å². The van der Waals surface area contributed by atoms with Crippen molar-refractivity contribution in [3.05, 3.63) is 64.7 Å². The zero-order valence-electron chi connectivity index (χ0n) is 20.9. The molecule has 0 heterocycles. The first kappa shape index (κ1) is 25.3. The lowest BCUT2D eigenvalue weighted by Crippen LogP contribution is -2.48. The number of ether oxygens (including phenoxy) is 1. The second-order valence-corrected chi connectivity index (χ2v) is 9.90. The molecule has 0 aromatic heterocycles. The van der Waals surface area contributed by atoms with E-state index < -0.39 is 17.7 Å². The molecule has 7 nitrogen and oxygen atoms in total. The number of aryl methyl sites for hydroxylation is 3. The Kier molecular flexibility index (Phi) is 7.64. The molecule has 2 aromatic rings. The highest BCUT2D eigenvalue weighted by molar-refractivity contribution is 5.99. The summed E-state index contributed by atoms with van der Waals surface area (Å²) in [5, 5.41) is 5.58. The SMILES string of the molecule is Cc1ccccc1NC(=O)C(c1c(C)cccc1C)N(C(=O)CNC(=O)OC(C)(C)C)C1CC1. The molecule has 1 aliphatic rings. The van der Waals surface area contributed by atoms with Gasteiger partial charge in [0.05, 0.1) is 0 Å². The van der Waals surface area contributed by atoms with E-state index in [1.807, 2.05) is 63.2 Å². The van der Waals surface area contributed by atoms with Gasteiger partial charge in [0, 0.05) is 11.7 Å². The van der Waals surface area contributed by atoms with Gasteiger partial charge in [-0.2, -0.15) is 0 Å². The zero-order chi connectivity index (χ0) is 25.0. The van der Waals surface area contributed by atoms with E-state index in [0.29, 0.717) is 5.69 Å². The number of benzene rings is 2. The van der Waals surface area contributed by atoms with E-state index in [4.69, 9.17) is 4.74 Å². The Bertz CT molecular complexity index is 1050. The fourth-order valence-electron chi connectivity index (χ4n) is 4.03. The summed E-state index contributed by atoms with van der Waals surface area (Å²) in [7, 11) is 0. The Morgan fingerprint density at radius 3 is 2.12 bits per heavy atom. The van der Waals surface area contributed by atoms with Crippen LogP contribution in [0.4, 0.5) is 10.5 Å². The highest BCUT2D eigenvalue weighted by Gasteiger charge is 2.42. The van der Waals surface area contributed by atoms with Crippen molar-refractivity contribution in [2.24, 2.45) is 0 Å². The quantitative estimate of drug-likeness (QED) is 0.614. The Hall–Kier alpha value is -3.35. The molecule has 182 valence electrons. The van der Waals surface area contributed by atoms with Crippen molar-refractivity contribution in [3.63, 3.8) is 0 Å². The molecular weight excluding hydrogens is 430 g/mol. The largest absolute Gasteiger partial charge is 0.444 e. The van der Waals surface area contributed by atoms with Gasteiger partial charge in [-0.15, -0.1) is 0 Å². The van der Waals surface area contributed by atoms with Gasteiger partial charge in [0.25, 0.3) is 5.91 Å². The second kappa shape index (κ2) is 10.3. The minimum atomic E-state index is -0.818. The van der Waals surface area contributed by atoms with Crippen LogP contribution in [-0.2, 0) is 14.3 Å². The van der Waals surface area contributed by atoms with E-state index in [1.165, 1.54) is 0 Å². The van der Waals surface area contributed by atoms with E-state index in [0.717, 1.165) is 35.1 Å². The van der Waals surface area contributed by atoms with Crippen LogP contribution >= 0.6 is 0 Å². The van der Waals surface area contributed by atoms with Gasteiger partial charge in [0.15, 0.2) is 0 Å². The van der Waals surface area contributed by atoms with Gasteiger partial charge in [0.2, 0.25) is 5.91 Å². The third-order valence-electron chi connectivity index (χ3n) is 5.76. The molecule has 34 heavy (non-hydrogen) atoms. The molecule has 1 unspecified atom stereocenters. The number of alkyl carbamates (subject to hydrolysis) is 1. The number of carbonyl (C=O) groups excluding carboxylic acids is 3. The summed E-state index contributed by atoms with van der Waals surface area (Å²) < 4.78 is 5.27. The Balaban J connectivity index is 1.93. The topological polar surface area (TPSA) is 87.7 Å². The number of amides is 3. The highest BCUT2D eigenvalue weighted by Crippen LogP contribution is 2.37. The lowest BCUT2D eigenvalue weighted by Gasteiger charge is -2.33. The summed E-state index contributed by atoms with van der Waals surface area (Å²) in [5.74, 6) is -0.592. The summed E-state index contributed by atoms with van der Waals surface area (Å²) >= 11 is 0. The number of nitrogens with zero attached hydrogens (tertiary/aromatic N) is 1. The predicted octanol–water partition coefficient (Wildman–Crippen LogP) is 4.81. The van der Waals surface area contributed by atoms with Crippen LogP contribution in [0.1, 0.15) is 61.9 Å². The molecule has 1 saturated carbocycles. The van der Waals surface area contributed by atoms with Crippen LogP contribution in [0.5, 0.6) is 0 Å². The molecule has 0 aliphatic heterocycles. The second-order valence-electron chi connectivity index (χ2n) is 9.90. The molecule has 3 rings (SSSR count). The molecule has 1 atom stereocenters. The summed E-state index contributed by atoms with van der Waals surface area (Å²) in [5.41, 5.74) is 3.65. The van der Waals surface area contributed by atoms with Crippen molar-refractivity contribution in [1.82, 2.24) is 10.2 Å². The minimum absolute atomic E-state index is 0.0560. The number of hydrogen-bond donors (Lipinski definition) is 2. The molecule has 7 heteroatoms. The Morgan fingerprint density at radius 2 is 1.56 bits per heavy atom. The van der Waals surface area contributed by atoms with Gasteiger partial charge in [-0.3, -0.25) is 9.59 Å². The van der Waals surface area contributed by atoms with Crippen molar-refractivity contribution in [2.45, 2.75) is 72.1 Å². The lowest BCUT2D eigenvalue weighted by molar-refractivity contribution is -0.139. The molecule has 0 spiro atoms. The highest BCUT2D eigenvalue weighted by atomic mass is 16.6. The Labute approximate surface area is 201 Å². The number of para-hydroxylation sites is 1. The summed E-state index contributed by atoms with van der Waals surface area (Å²) in [6.07, 6.45) is 0.971. The lowest BCUT2D eigenvalue weighted by atomic mass is 9.93. The first-order valence-electron chi connectivity index (χ1n) is 11.7. The predicted molar refractivity (Wildman–Crippen MR) is 133 cm³/mol. The van der Waals surface area contributed by atoms with Crippen LogP contribution in [0.25, 0.3) is 0 Å². The third-order valence-corrected chi connectivity index (χ3v) is 5.76. The number of nitrogens with one attached hydrogen (secondary N) is 2. The fraction of sp³-hybridized carbons (Fsp3) is 0.444. The number of carbonyl (C=O) groups is 3. The van der Waals surface area contributed by atoms with Crippen LogP contribution < -0.4 is 10.6 Å². The molecule has 2 aromatic carbocycles. The van der Waals surface area contributed by atoms with E-state index in [-0.39, 0.29) is 24.4 Å². The van der Waals surface area contributed by atoms with Gasteiger partial charge in [-0.25, -0.2) is 4.79 Å². The molecule has 0 bridgehead atoms. The zero-order valence-corrected chi connectivity index (χ0v) is 20.9. The molecule has 3 amide bonds. The van der Waals surface area contributed by atoms with Gasteiger partial charge in [-0.1, -0.05) is 36.4 Å². The molecular formula is C27H35N3O4. The average Bonchev–Trinajstić information content (AvgIpc) is 3.56. The molecule has 0 radical (unpaired) electrons. The smallest absolute Gasteiger partial charge is 0.408 e. The molecule has 0 saturated heterocycles. The van der Waals surface area contributed by atoms with Crippen LogP contribution in [-0.4, -0.2) is 41.0 Å².